The van der Waals surface area contributed by atoms with Crippen LogP contribution in [0.15, 0.2) is 29.8 Å². The van der Waals surface area contributed by atoms with Crippen molar-refractivity contribution in [3.05, 3.63) is 40.3 Å². The van der Waals surface area contributed by atoms with Crippen LogP contribution in [0.4, 0.5) is 5.69 Å². The molecule has 108 valence electrons. The Morgan fingerprint density at radius 2 is 2.05 bits per heavy atom. The van der Waals surface area contributed by atoms with E-state index in [1.165, 1.54) is 5.56 Å². The number of hydrogen-bond acceptors (Lipinski definition) is 4. The number of nitrogens with one attached hydrogen (secondary N) is 1. The molecule has 0 radical (unpaired) electrons. The molecular weight excluding hydrogens is 268 g/mol. The van der Waals surface area contributed by atoms with Gasteiger partial charge < -0.3 is 10.1 Å². The number of benzene rings is 1. The fourth-order valence-corrected chi connectivity index (χ4v) is 2.68. The maximum Gasteiger partial charge on any atom is 0.141 e. The van der Waals surface area contributed by atoms with E-state index in [1.807, 2.05) is 17.6 Å². The molecule has 1 aromatic carbocycles. The summed E-state index contributed by atoms with van der Waals surface area (Å²) in [6.07, 6.45) is 1.83. The van der Waals surface area contributed by atoms with E-state index >= 15 is 0 Å². The molecule has 1 atom stereocenters. The van der Waals surface area contributed by atoms with E-state index in [0.717, 1.165) is 16.4 Å². The van der Waals surface area contributed by atoms with Gasteiger partial charge >= 0.3 is 0 Å². The van der Waals surface area contributed by atoms with Gasteiger partial charge in [0.2, 0.25) is 0 Å². The molecule has 2 rings (SSSR count). The zero-order valence-electron chi connectivity index (χ0n) is 12.7. The van der Waals surface area contributed by atoms with Gasteiger partial charge in [-0.3, -0.25) is 0 Å². The minimum absolute atomic E-state index is 0.118. The fourth-order valence-electron chi connectivity index (χ4n) is 2.03. The summed E-state index contributed by atoms with van der Waals surface area (Å²) in [6, 6.07) is 6.48. The van der Waals surface area contributed by atoms with Crippen LogP contribution >= 0.6 is 11.3 Å². The Morgan fingerprint density at radius 3 is 2.60 bits per heavy atom. The van der Waals surface area contributed by atoms with E-state index in [1.54, 1.807) is 18.4 Å². The highest BCUT2D eigenvalue weighted by molar-refractivity contribution is 7.09. The van der Waals surface area contributed by atoms with Crippen molar-refractivity contribution in [3.8, 4) is 5.75 Å². The van der Waals surface area contributed by atoms with Gasteiger partial charge in [0.05, 0.1) is 18.8 Å². The lowest BCUT2D eigenvalue weighted by atomic mass is 9.87. The van der Waals surface area contributed by atoms with Crippen LogP contribution in [0.1, 0.15) is 44.3 Å². The third-order valence-electron chi connectivity index (χ3n) is 3.26. The Morgan fingerprint density at radius 1 is 1.30 bits per heavy atom. The van der Waals surface area contributed by atoms with Gasteiger partial charge in [0, 0.05) is 11.6 Å². The topological polar surface area (TPSA) is 34.1 Å². The number of aromatic nitrogens is 1. The maximum atomic E-state index is 5.45. The van der Waals surface area contributed by atoms with E-state index in [2.05, 4.69) is 50.1 Å². The largest absolute Gasteiger partial charge is 0.495 e. The summed E-state index contributed by atoms with van der Waals surface area (Å²) in [5, 5.41) is 6.57. The Labute approximate surface area is 125 Å². The van der Waals surface area contributed by atoms with Gasteiger partial charge in [-0.2, -0.15) is 0 Å². The van der Waals surface area contributed by atoms with E-state index in [9.17, 15) is 0 Å². The zero-order chi connectivity index (χ0) is 14.8. The van der Waals surface area contributed by atoms with Gasteiger partial charge in [0.15, 0.2) is 0 Å². The molecule has 0 aliphatic rings. The van der Waals surface area contributed by atoms with Crippen LogP contribution in [-0.4, -0.2) is 12.1 Å². The summed E-state index contributed by atoms with van der Waals surface area (Å²) in [5.74, 6) is 0.862. The van der Waals surface area contributed by atoms with Crippen LogP contribution in [0.25, 0.3) is 0 Å². The first-order valence-electron chi connectivity index (χ1n) is 6.76. The van der Waals surface area contributed by atoms with Crippen molar-refractivity contribution in [3.63, 3.8) is 0 Å². The molecule has 0 aliphatic heterocycles. The average Bonchev–Trinajstić information content (AvgIpc) is 2.91. The molecule has 1 aromatic heterocycles. The van der Waals surface area contributed by atoms with Crippen LogP contribution < -0.4 is 10.1 Å². The van der Waals surface area contributed by atoms with Gasteiger partial charge in [-0.15, -0.1) is 11.3 Å². The molecule has 0 spiro atoms. The Kier molecular flexibility index (Phi) is 4.33. The van der Waals surface area contributed by atoms with Crippen molar-refractivity contribution in [1.29, 1.82) is 0 Å². The lowest BCUT2D eigenvalue weighted by Gasteiger charge is -2.22. The molecular formula is C16H22N2OS. The standard InChI is InChI=1S/C16H22N2OS/c1-11(15-17-8-9-20-15)18-13-10-12(16(2,3)4)6-7-14(13)19-5/h6-11,18H,1-5H3. The van der Waals surface area contributed by atoms with E-state index in [0.29, 0.717) is 0 Å². The zero-order valence-corrected chi connectivity index (χ0v) is 13.5. The highest BCUT2D eigenvalue weighted by atomic mass is 32.1. The first-order chi connectivity index (χ1) is 9.41. The molecule has 0 amide bonds. The summed E-state index contributed by atoms with van der Waals surface area (Å²) >= 11 is 1.66. The Bertz CT molecular complexity index is 558. The van der Waals surface area contributed by atoms with Crippen molar-refractivity contribution in [2.75, 3.05) is 12.4 Å². The molecule has 0 bridgehead atoms. The first-order valence-corrected chi connectivity index (χ1v) is 7.64. The second-order valence-electron chi connectivity index (χ2n) is 5.90. The monoisotopic (exact) mass is 290 g/mol. The molecule has 0 saturated heterocycles. The molecule has 3 nitrogen and oxygen atoms in total. The van der Waals surface area contributed by atoms with E-state index in [-0.39, 0.29) is 11.5 Å². The van der Waals surface area contributed by atoms with Gasteiger partial charge in [0.25, 0.3) is 0 Å². The summed E-state index contributed by atoms with van der Waals surface area (Å²) in [5.41, 5.74) is 2.42. The lowest BCUT2D eigenvalue weighted by molar-refractivity contribution is 0.415. The second-order valence-corrected chi connectivity index (χ2v) is 6.83. The highest BCUT2D eigenvalue weighted by Crippen LogP contribution is 2.33. The summed E-state index contributed by atoms with van der Waals surface area (Å²) in [4.78, 5) is 4.35. The first kappa shape index (κ1) is 14.9. The molecule has 0 aliphatic carbocycles. The number of rotatable bonds is 4. The molecule has 0 saturated carbocycles. The Hall–Kier alpha value is -1.55. The predicted molar refractivity (Wildman–Crippen MR) is 85.8 cm³/mol. The molecule has 1 heterocycles. The van der Waals surface area contributed by atoms with Crippen molar-refractivity contribution < 1.29 is 4.74 Å². The van der Waals surface area contributed by atoms with E-state index < -0.39 is 0 Å². The van der Waals surface area contributed by atoms with Crippen LogP contribution in [0.2, 0.25) is 0 Å². The molecule has 1 N–H and O–H groups in total. The SMILES string of the molecule is COc1ccc(C(C)(C)C)cc1NC(C)c1nccs1. The van der Waals surface area contributed by atoms with Crippen LogP contribution in [0.3, 0.4) is 0 Å². The fraction of sp³-hybridized carbons (Fsp3) is 0.438. The van der Waals surface area contributed by atoms with Crippen molar-refractivity contribution in [2.24, 2.45) is 0 Å². The smallest absolute Gasteiger partial charge is 0.141 e. The number of ether oxygens (including phenoxy) is 1. The van der Waals surface area contributed by atoms with Crippen LogP contribution in [0, 0.1) is 0 Å². The van der Waals surface area contributed by atoms with Crippen LogP contribution in [0.5, 0.6) is 5.75 Å². The summed E-state index contributed by atoms with van der Waals surface area (Å²) in [7, 11) is 1.70. The Balaban J connectivity index is 2.29. The molecule has 0 fully saturated rings. The second kappa shape index (κ2) is 5.83. The van der Waals surface area contributed by atoms with Gasteiger partial charge in [-0.05, 0) is 30.0 Å². The van der Waals surface area contributed by atoms with Gasteiger partial charge in [-0.1, -0.05) is 26.8 Å². The molecule has 2 aromatic rings. The summed E-state index contributed by atoms with van der Waals surface area (Å²) in [6.45, 7) is 8.75. The predicted octanol–water partition coefficient (Wildman–Crippen LogP) is 4.62. The van der Waals surface area contributed by atoms with Crippen molar-refractivity contribution >= 4 is 17.0 Å². The van der Waals surface area contributed by atoms with Crippen LogP contribution in [-0.2, 0) is 5.41 Å². The highest BCUT2D eigenvalue weighted by Gasteiger charge is 2.17. The quantitative estimate of drug-likeness (QED) is 0.892. The third kappa shape index (κ3) is 3.31. The molecule has 1 unspecified atom stereocenters. The number of nitrogens with zero attached hydrogens (tertiary/aromatic N) is 1. The van der Waals surface area contributed by atoms with Gasteiger partial charge in [0.1, 0.15) is 10.8 Å². The molecule has 20 heavy (non-hydrogen) atoms. The molecule has 4 heteroatoms. The minimum Gasteiger partial charge on any atom is -0.495 e. The lowest BCUT2D eigenvalue weighted by Crippen LogP contribution is -2.13. The van der Waals surface area contributed by atoms with Crippen molar-refractivity contribution in [1.82, 2.24) is 4.98 Å². The number of methoxy groups -OCH3 is 1. The van der Waals surface area contributed by atoms with Gasteiger partial charge in [-0.25, -0.2) is 4.98 Å². The number of hydrogen-bond donors (Lipinski definition) is 1. The third-order valence-corrected chi connectivity index (χ3v) is 4.22. The van der Waals surface area contributed by atoms with Crippen molar-refractivity contribution in [2.45, 2.75) is 39.2 Å². The number of anilines is 1. The van der Waals surface area contributed by atoms with E-state index in [4.69, 9.17) is 4.74 Å². The summed E-state index contributed by atoms with van der Waals surface area (Å²) < 4.78 is 5.45. The minimum atomic E-state index is 0.118. The number of thiazole rings is 1. The normalized spacial score (nSPS) is 13.1. The maximum absolute atomic E-state index is 5.45. The average molecular weight is 290 g/mol.